The number of carbonyl (C=O) groups excluding carboxylic acids is 1. The number of hydrogen-bond acceptors (Lipinski definition) is 3. The molecule has 0 radical (unpaired) electrons. The number of nitrogens with one attached hydrogen (secondary N) is 2. The normalized spacial score (nSPS) is 36.4. The van der Waals surface area contributed by atoms with E-state index in [-0.39, 0.29) is 17.2 Å². The Morgan fingerprint density at radius 3 is 2.84 bits per heavy atom. The third kappa shape index (κ3) is 2.29. The highest BCUT2D eigenvalue weighted by atomic mass is 16.5. The summed E-state index contributed by atoms with van der Waals surface area (Å²) in [6, 6.07) is 0.361. The molecule has 3 aliphatic rings. The predicted molar refractivity (Wildman–Crippen MR) is 73.8 cm³/mol. The molecule has 3 atom stereocenters. The Balaban J connectivity index is 1.60. The van der Waals surface area contributed by atoms with E-state index in [0.29, 0.717) is 12.1 Å². The monoisotopic (exact) mass is 266 g/mol. The molecule has 3 rings (SSSR count). The van der Waals surface area contributed by atoms with E-state index in [1.165, 1.54) is 25.7 Å². The SMILES string of the molecule is CCOC1CC(NC(=O)C2CCNC2)C12CCCC2. The molecule has 3 unspecified atom stereocenters. The van der Waals surface area contributed by atoms with Gasteiger partial charge in [-0.05, 0) is 39.2 Å². The Labute approximate surface area is 115 Å². The van der Waals surface area contributed by atoms with Crippen LogP contribution in [-0.4, -0.2) is 37.7 Å². The summed E-state index contributed by atoms with van der Waals surface area (Å²) in [7, 11) is 0. The van der Waals surface area contributed by atoms with E-state index in [2.05, 4.69) is 17.6 Å². The van der Waals surface area contributed by atoms with Gasteiger partial charge in [-0.1, -0.05) is 12.8 Å². The lowest BCUT2D eigenvalue weighted by Gasteiger charge is -2.54. The molecule has 0 aromatic rings. The molecule has 4 nitrogen and oxygen atoms in total. The number of amides is 1. The van der Waals surface area contributed by atoms with Gasteiger partial charge in [-0.25, -0.2) is 0 Å². The van der Waals surface area contributed by atoms with Crippen molar-refractivity contribution in [3.8, 4) is 0 Å². The van der Waals surface area contributed by atoms with Crippen LogP contribution in [0.3, 0.4) is 0 Å². The second-order valence-corrected chi connectivity index (χ2v) is 6.37. The van der Waals surface area contributed by atoms with E-state index >= 15 is 0 Å². The summed E-state index contributed by atoms with van der Waals surface area (Å²) in [5.41, 5.74) is 0.262. The second-order valence-electron chi connectivity index (χ2n) is 6.37. The van der Waals surface area contributed by atoms with Crippen molar-refractivity contribution in [2.45, 2.75) is 57.6 Å². The zero-order valence-corrected chi connectivity index (χ0v) is 11.9. The van der Waals surface area contributed by atoms with Crippen LogP contribution < -0.4 is 10.6 Å². The Kier molecular flexibility index (Phi) is 3.81. The van der Waals surface area contributed by atoms with Crippen molar-refractivity contribution in [3.05, 3.63) is 0 Å². The minimum atomic E-state index is 0.185. The standard InChI is InChI=1S/C15H26N2O2/c1-2-19-13-9-12(15(13)6-3-4-7-15)17-14(18)11-5-8-16-10-11/h11-13,16H,2-10H2,1H3,(H,17,18). The van der Waals surface area contributed by atoms with Crippen LogP contribution in [0.4, 0.5) is 0 Å². The lowest BCUT2D eigenvalue weighted by Crippen LogP contribution is -2.64. The summed E-state index contributed by atoms with van der Waals surface area (Å²) in [5.74, 6) is 0.445. The molecule has 1 heterocycles. The van der Waals surface area contributed by atoms with Gasteiger partial charge < -0.3 is 15.4 Å². The molecule has 1 saturated heterocycles. The molecule has 0 aromatic heterocycles. The van der Waals surface area contributed by atoms with Crippen molar-refractivity contribution in [2.75, 3.05) is 19.7 Å². The summed E-state index contributed by atoms with van der Waals surface area (Å²) >= 11 is 0. The van der Waals surface area contributed by atoms with Crippen molar-refractivity contribution >= 4 is 5.91 Å². The van der Waals surface area contributed by atoms with Gasteiger partial charge in [0.2, 0.25) is 5.91 Å². The number of ether oxygens (including phenoxy) is 1. The van der Waals surface area contributed by atoms with Crippen LogP contribution in [0, 0.1) is 11.3 Å². The fourth-order valence-corrected chi connectivity index (χ4v) is 4.26. The fraction of sp³-hybridized carbons (Fsp3) is 0.933. The number of carbonyl (C=O) groups is 1. The smallest absolute Gasteiger partial charge is 0.224 e. The van der Waals surface area contributed by atoms with Crippen LogP contribution in [-0.2, 0) is 9.53 Å². The van der Waals surface area contributed by atoms with Crippen molar-refractivity contribution in [2.24, 2.45) is 11.3 Å². The first-order valence-corrected chi connectivity index (χ1v) is 7.89. The Morgan fingerprint density at radius 2 is 2.21 bits per heavy atom. The third-order valence-electron chi connectivity index (χ3n) is 5.43. The van der Waals surface area contributed by atoms with E-state index in [4.69, 9.17) is 4.74 Å². The van der Waals surface area contributed by atoms with Gasteiger partial charge in [0.15, 0.2) is 0 Å². The zero-order valence-electron chi connectivity index (χ0n) is 11.9. The van der Waals surface area contributed by atoms with Gasteiger partial charge in [-0.3, -0.25) is 4.79 Å². The van der Waals surface area contributed by atoms with Gasteiger partial charge >= 0.3 is 0 Å². The van der Waals surface area contributed by atoms with Gasteiger partial charge in [0, 0.05) is 24.6 Å². The number of rotatable bonds is 4. The van der Waals surface area contributed by atoms with Crippen molar-refractivity contribution < 1.29 is 9.53 Å². The molecule has 1 amide bonds. The molecule has 19 heavy (non-hydrogen) atoms. The lowest BCUT2D eigenvalue weighted by atomic mass is 9.60. The molecular formula is C15H26N2O2. The first-order chi connectivity index (χ1) is 9.26. The van der Waals surface area contributed by atoms with E-state index in [1.54, 1.807) is 0 Å². The molecule has 108 valence electrons. The molecule has 0 aromatic carbocycles. The molecule has 1 aliphatic heterocycles. The summed E-state index contributed by atoms with van der Waals surface area (Å²) in [6.07, 6.45) is 7.42. The molecular weight excluding hydrogens is 240 g/mol. The van der Waals surface area contributed by atoms with Crippen molar-refractivity contribution in [3.63, 3.8) is 0 Å². The molecule has 1 spiro atoms. The Morgan fingerprint density at radius 1 is 1.42 bits per heavy atom. The average molecular weight is 266 g/mol. The molecule has 2 N–H and O–H groups in total. The van der Waals surface area contributed by atoms with Crippen molar-refractivity contribution in [1.29, 1.82) is 0 Å². The second kappa shape index (κ2) is 5.41. The third-order valence-corrected chi connectivity index (χ3v) is 5.43. The van der Waals surface area contributed by atoms with Gasteiger partial charge in [0.1, 0.15) is 0 Å². The van der Waals surface area contributed by atoms with Gasteiger partial charge in [-0.15, -0.1) is 0 Å². The van der Waals surface area contributed by atoms with E-state index in [9.17, 15) is 4.79 Å². The molecule has 2 aliphatic carbocycles. The minimum absolute atomic E-state index is 0.185. The van der Waals surface area contributed by atoms with Crippen LogP contribution >= 0.6 is 0 Å². The summed E-state index contributed by atoms with van der Waals surface area (Å²) in [6.45, 7) is 4.69. The fourth-order valence-electron chi connectivity index (χ4n) is 4.26. The quantitative estimate of drug-likeness (QED) is 0.810. The van der Waals surface area contributed by atoms with E-state index in [0.717, 1.165) is 32.5 Å². The van der Waals surface area contributed by atoms with Crippen LogP contribution in [0.2, 0.25) is 0 Å². The van der Waals surface area contributed by atoms with Crippen LogP contribution in [0.1, 0.15) is 45.4 Å². The highest BCUT2D eigenvalue weighted by molar-refractivity contribution is 5.79. The molecule has 2 saturated carbocycles. The summed E-state index contributed by atoms with van der Waals surface area (Å²) in [5, 5.41) is 6.59. The molecule has 0 bridgehead atoms. The minimum Gasteiger partial charge on any atom is -0.378 e. The largest absolute Gasteiger partial charge is 0.378 e. The van der Waals surface area contributed by atoms with E-state index < -0.39 is 0 Å². The molecule has 3 fully saturated rings. The molecule has 4 heteroatoms. The maximum Gasteiger partial charge on any atom is 0.224 e. The topological polar surface area (TPSA) is 50.4 Å². The predicted octanol–water partition coefficient (Wildman–Crippen LogP) is 1.45. The summed E-state index contributed by atoms with van der Waals surface area (Å²) < 4.78 is 5.89. The van der Waals surface area contributed by atoms with E-state index in [1.807, 2.05) is 0 Å². The van der Waals surface area contributed by atoms with Crippen LogP contribution in [0.5, 0.6) is 0 Å². The van der Waals surface area contributed by atoms with Crippen LogP contribution in [0.25, 0.3) is 0 Å². The maximum atomic E-state index is 12.3. The van der Waals surface area contributed by atoms with Crippen molar-refractivity contribution in [1.82, 2.24) is 10.6 Å². The Hall–Kier alpha value is -0.610. The first-order valence-electron chi connectivity index (χ1n) is 7.89. The van der Waals surface area contributed by atoms with Crippen LogP contribution in [0.15, 0.2) is 0 Å². The van der Waals surface area contributed by atoms with Gasteiger partial charge in [0.05, 0.1) is 12.0 Å². The summed E-state index contributed by atoms with van der Waals surface area (Å²) in [4.78, 5) is 12.3. The maximum absolute atomic E-state index is 12.3. The number of hydrogen-bond donors (Lipinski definition) is 2. The lowest BCUT2D eigenvalue weighted by molar-refractivity contribution is -0.146. The zero-order chi connectivity index (χ0) is 13.3. The Bertz CT molecular complexity index is 333. The van der Waals surface area contributed by atoms with Gasteiger partial charge in [-0.2, -0.15) is 0 Å². The highest BCUT2D eigenvalue weighted by Crippen LogP contribution is 2.54. The average Bonchev–Trinajstić information content (AvgIpc) is 3.09. The first kappa shape index (κ1) is 13.4. The van der Waals surface area contributed by atoms with Gasteiger partial charge in [0.25, 0.3) is 0 Å². The highest BCUT2D eigenvalue weighted by Gasteiger charge is 2.57.